The van der Waals surface area contributed by atoms with Crippen molar-refractivity contribution in [2.45, 2.75) is 53.1 Å². The van der Waals surface area contributed by atoms with Crippen LogP contribution in [0.15, 0.2) is 0 Å². The zero-order chi connectivity index (χ0) is 9.52. The molecule has 0 amide bonds. The Kier molecular flexibility index (Phi) is 2.53. The Morgan fingerprint density at radius 2 is 1.75 bits per heavy atom. The summed E-state index contributed by atoms with van der Waals surface area (Å²) in [5.41, 5.74) is 0.508. The van der Waals surface area contributed by atoms with Gasteiger partial charge in [-0.3, -0.25) is 0 Å². The molecule has 0 saturated heterocycles. The Labute approximate surface area is 77.1 Å². The zero-order valence-electron chi connectivity index (χ0n) is 9.39. The molecule has 1 saturated carbocycles. The molecule has 1 nitrogen and oxygen atoms in total. The highest BCUT2D eigenvalue weighted by Crippen LogP contribution is 2.48. The lowest BCUT2D eigenvalue weighted by Gasteiger charge is -2.25. The van der Waals surface area contributed by atoms with Crippen molar-refractivity contribution in [1.82, 2.24) is 4.90 Å². The predicted octanol–water partition coefficient (Wildman–Crippen LogP) is 2.76. The van der Waals surface area contributed by atoms with Crippen molar-refractivity contribution in [3.8, 4) is 0 Å². The van der Waals surface area contributed by atoms with E-state index in [4.69, 9.17) is 0 Å². The van der Waals surface area contributed by atoms with Gasteiger partial charge in [0.1, 0.15) is 0 Å². The number of nitrogens with zero attached hydrogens (tertiary/aromatic N) is 1. The first-order valence-corrected chi connectivity index (χ1v) is 5.06. The van der Waals surface area contributed by atoms with Gasteiger partial charge in [-0.15, -0.1) is 0 Å². The van der Waals surface area contributed by atoms with Crippen molar-refractivity contribution < 1.29 is 0 Å². The molecule has 0 bridgehead atoms. The van der Waals surface area contributed by atoms with E-state index in [1.54, 1.807) is 0 Å². The Bertz CT molecular complexity index is 155. The van der Waals surface area contributed by atoms with Gasteiger partial charge in [0.15, 0.2) is 0 Å². The smallest absolute Gasteiger partial charge is 0.0132 e. The van der Waals surface area contributed by atoms with Gasteiger partial charge < -0.3 is 4.90 Å². The standard InChI is InChI=1S/C11H23N/c1-8(2)12(6)10-7-9(10)11(3,4)5/h8-10H,7H2,1-6H3/t9-,10-/m1/s1. The van der Waals surface area contributed by atoms with Crippen LogP contribution in [-0.4, -0.2) is 24.0 Å². The van der Waals surface area contributed by atoms with E-state index in [1.165, 1.54) is 6.42 Å². The Morgan fingerprint density at radius 3 is 2.00 bits per heavy atom. The molecule has 2 atom stereocenters. The summed E-state index contributed by atoms with van der Waals surface area (Å²) in [7, 11) is 2.25. The number of hydrogen-bond donors (Lipinski definition) is 0. The molecule has 0 N–H and O–H groups in total. The van der Waals surface area contributed by atoms with Gasteiger partial charge in [-0.25, -0.2) is 0 Å². The molecule has 0 aromatic heterocycles. The molecule has 0 unspecified atom stereocenters. The van der Waals surface area contributed by atoms with E-state index in [1.807, 2.05) is 0 Å². The van der Waals surface area contributed by atoms with Crippen LogP contribution in [0.25, 0.3) is 0 Å². The van der Waals surface area contributed by atoms with Crippen LogP contribution >= 0.6 is 0 Å². The number of hydrogen-bond acceptors (Lipinski definition) is 1. The second-order valence-corrected chi connectivity index (χ2v) is 5.53. The lowest BCUT2D eigenvalue weighted by atomic mass is 9.90. The minimum absolute atomic E-state index is 0.508. The van der Waals surface area contributed by atoms with Crippen molar-refractivity contribution >= 4 is 0 Å². The summed E-state index contributed by atoms with van der Waals surface area (Å²) in [6.45, 7) is 11.6. The van der Waals surface area contributed by atoms with Crippen LogP contribution in [0.3, 0.4) is 0 Å². The van der Waals surface area contributed by atoms with Crippen molar-refractivity contribution in [3.63, 3.8) is 0 Å². The van der Waals surface area contributed by atoms with Gasteiger partial charge in [-0.2, -0.15) is 0 Å². The maximum atomic E-state index is 2.51. The lowest BCUT2D eigenvalue weighted by molar-refractivity contribution is 0.216. The average Bonchev–Trinajstić information content (AvgIpc) is 2.61. The molecule has 0 radical (unpaired) electrons. The largest absolute Gasteiger partial charge is 0.301 e. The van der Waals surface area contributed by atoms with E-state index in [2.05, 4.69) is 46.6 Å². The molecule has 1 rings (SSSR count). The maximum Gasteiger partial charge on any atom is 0.0132 e. The third kappa shape index (κ3) is 2.01. The van der Waals surface area contributed by atoms with E-state index in [0.717, 1.165) is 12.0 Å². The zero-order valence-corrected chi connectivity index (χ0v) is 9.39. The summed E-state index contributed by atoms with van der Waals surface area (Å²) in [4.78, 5) is 2.51. The van der Waals surface area contributed by atoms with Gasteiger partial charge in [-0.1, -0.05) is 20.8 Å². The Balaban J connectivity index is 2.42. The summed E-state index contributed by atoms with van der Waals surface area (Å²) >= 11 is 0. The van der Waals surface area contributed by atoms with Crippen LogP contribution in [0.5, 0.6) is 0 Å². The van der Waals surface area contributed by atoms with Crippen LogP contribution in [0.2, 0.25) is 0 Å². The highest BCUT2D eigenvalue weighted by Gasteiger charge is 2.47. The first-order chi connectivity index (χ1) is 5.34. The fourth-order valence-corrected chi connectivity index (χ4v) is 1.95. The van der Waals surface area contributed by atoms with E-state index in [-0.39, 0.29) is 0 Å². The maximum absolute atomic E-state index is 2.51. The normalized spacial score (nSPS) is 30.0. The van der Waals surface area contributed by atoms with Crippen LogP contribution in [0, 0.1) is 11.3 Å². The predicted molar refractivity (Wildman–Crippen MR) is 54.2 cm³/mol. The van der Waals surface area contributed by atoms with Crippen LogP contribution in [-0.2, 0) is 0 Å². The molecule has 0 aromatic rings. The molecule has 1 heteroatoms. The van der Waals surface area contributed by atoms with Gasteiger partial charge in [0, 0.05) is 12.1 Å². The van der Waals surface area contributed by atoms with E-state index in [0.29, 0.717) is 11.5 Å². The molecule has 0 aliphatic heterocycles. The number of rotatable bonds is 2. The topological polar surface area (TPSA) is 3.24 Å². The molecular weight excluding hydrogens is 146 g/mol. The molecule has 12 heavy (non-hydrogen) atoms. The summed E-state index contributed by atoms with van der Waals surface area (Å²) in [5, 5.41) is 0. The van der Waals surface area contributed by atoms with Gasteiger partial charge in [-0.05, 0) is 38.6 Å². The second kappa shape index (κ2) is 3.02. The minimum atomic E-state index is 0.508. The average molecular weight is 169 g/mol. The van der Waals surface area contributed by atoms with Gasteiger partial charge in [0.25, 0.3) is 0 Å². The van der Waals surface area contributed by atoms with E-state index in [9.17, 15) is 0 Å². The first kappa shape index (κ1) is 10.0. The van der Waals surface area contributed by atoms with Gasteiger partial charge >= 0.3 is 0 Å². The lowest BCUT2D eigenvalue weighted by Crippen LogP contribution is -2.31. The van der Waals surface area contributed by atoms with Gasteiger partial charge in [0.2, 0.25) is 0 Å². The Morgan fingerprint density at radius 1 is 1.25 bits per heavy atom. The van der Waals surface area contributed by atoms with Gasteiger partial charge in [0.05, 0.1) is 0 Å². The van der Waals surface area contributed by atoms with Crippen LogP contribution in [0.1, 0.15) is 41.0 Å². The third-order valence-electron chi connectivity index (χ3n) is 3.21. The second-order valence-electron chi connectivity index (χ2n) is 5.53. The quantitative estimate of drug-likeness (QED) is 0.614. The van der Waals surface area contributed by atoms with E-state index < -0.39 is 0 Å². The Hall–Kier alpha value is -0.0400. The fourth-order valence-electron chi connectivity index (χ4n) is 1.95. The first-order valence-electron chi connectivity index (χ1n) is 5.06. The molecule has 1 aliphatic carbocycles. The molecule has 0 heterocycles. The summed E-state index contributed by atoms with van der Waals surface area (Å²) in [6.07, 6.45) is 1.40. The molecule has 0 aromatic carbocycles. The van der Waals surface area contributed by atoms with Crippen LogP contribution < -0.4 is 0 Å². The third-order valence-corrected chi connectivity index (χ3v) is 3.21. The molecular formula is C11H23N. The molecule has 0 spiro atoms. The fraction of sp³-hybridized carbons (Fsp3) is 1.00. The van der Waals surface area contributed by atoms with E-state index >= 15 is 0 Å². The van der Waals surface area contributed by atoms with Crippen molar-refractivity contribution in [1.29, 1.82) is 0 Å². The highest BCUT2D eigenvalue weighted by atomic mass is 15.2. The summed E-state index contributed by atoms with van der Waals surface area (Å²) in [5.74, 6) is 0.921. The van der Waals surface area contributed by atoms with Crippen LogP contribution in [0.4, 0.5) is 0 Å². The SMILES string of the molecule is CC(C)N(C)[C@@H]1C[C@H]1C(C)(C)C. The molecule has 1 fully saturated rings. The molecule has 72 valence electrons. The minimum Gasteiger partial charge on any atom is -0.301 e. The molecule has 1 aliphatic rings. The summed E-state index contributed by atoms with van der Waals surface area (Å²) < 4.78 is 0. The monoisotopic (exact) mass is 169 g/mol. The summed E-state index contributed by atoms with van der Waals surface area (Å²) in [6, 6.07) is 1.55. The van der Waals surface area contributed by atoms with Crippen molar-refractivity contribution in [2.24, 2.45) is 11.3 Å². The van der Waals surface area contributed by atoms with Crippen molar-refractivity contribution in [2.75, 3.05) is 7.05 Å². The highest BCUT2D eigenvalue weighted by molar-refractivity contribution is 5.00. The van der Waals surface area contributed by atoms with Crippen molar-refractivity contribution in [3.05, 3.63) is 0 Å².